The molecule has 1 atom stereocenters. The average Bonchev–Trinajstić information content (AvgIpc) is 2.79. The molecule has 3 heteroatoms. The van der Waals surface area contributed by atoms with E-state index in [2.05, 4.69) is 10.2 Å². The molecule has 0 radical (unpaired) electrons. The molecule has 0 aromatic rings. The van der Waals surface area contributed by atoms with Gasteiger partial charge in [0.25, 0.3) is 0 Å². The summed E-state index contributed by atoms with van der Waals surface area (Å²) in [4.78, 5) is 2.63. The fraction of sp³-hybridized carbons (Fsp3) is 1.00. The van der Waals surface area contributed by atoms with Gasteiger partial charge in [0.1, 0.15) is 0 Å². The van der Waals surface area contributed by atoms with Crippen LogP contribution >= 0.6 is 0 Å². The van der Waals surface area contributed by atoms with Gasteiger partial charge in [0.05, 0.1) is 6.10 Å². The van der Waals surface area contributed by atoms with Crippen molar-refractivity contribution in [3.63, 3.8) is 0 Å². The van der Waals surface area contributed by atoms with E-state index in [1.165, 1.54) is 64.6 Å². The monoisotopic (exact) mass is 240 g/mol. The number of nitrogens with zero attached hydrogens (tertiary/aromatic N) is 1. The van der Waals surface area contributed by atoms with Crippen LogP contribution in [0.4, 0.5) is 0 Å². The van der Waals surface area contributed by atoms with Crippen molar-refractivity contribution < 1.29 is 4.74 Å². The summed E-state index contributed by atoms with van der Waals surface area (Å²) in [6, 6.07) is 0. The van der Waals surface area contributed by atoms with Gasteiger partial charge in [-0.3, -0.25) is 0 Å². The molecule has 17 heavy (non-hydrogen) atoms. The molecule has 2 heterocycles. The second kappa shape index (κ2) is 8.06. The lowest BCUT2D eigenvalue weighted by molar-refractivity contribution is 0.109. The van der Waals surface area contributed by atoms with Crippen molar-refractivity contribution in [3.8, 4) is 0 Å². The van der Waals surface area contributed by atoms with Crippen LogP contribution in [0.15, 0.2) is 0 Å². The molecule has 3 nitrogen and oxygen atoms in total. The van der Waals surface area contributed by atoms with Gasteiger partial charge in [-0.1, -0.05) is 19.3 Å². The van der Waals surface area contributed by atoms with Crippen LogP contribution in [-0.4, -0.2) is 50.3 Å². The number of likely N-dealkylation sites (tertiary alicyclic amines) is 1. The van der Waals surface area contributed by atoms with Crippen molar-refractivity contribution in [2.45, 2.75) is 51.0 Å². The van der Waals surface area contributed by atoms with Crippen molar-refractivity contribution in [2.24, 2.45) is 0 Å². The molecule has 0 aromatic carbocycles. The first-order valence-electron chi connectivity index (χ1n) is 7.50. The van der Waals surface area contributed by atoms with Gasteiger partial charge in [0.2, 0.25) is 0 Å². The van der Waals surface area contributed by atoms with Gasteiger partial charge in [0.15, 0.2) is 0 Å². The summed E-state index contributed by atoms with van der Waals surface area (Å²) in [6.45, 7) is 6.97. The molecule has 0 amide bonds. The zero-order valence-electron chi connectivity index (χ0n) is 11.1. The highest BCUT2D eigenvalue weighted by Gasteiger charge is 2.14. The lowest BCUT2D eigenvalue weighted by Gasteiger charge is -2.24. The Bertz CT molecular complexity index is 185. The maximum Gasteiger partial charge on any atom is 0.0700 e. The van der Waals surface area contributed by atoms with Gasteiger partial charge >= 0.3 is 0 Å². The van der Waals surface area contributed by atoms with Gasteiger partial charge in [-0.25, -0.2) is 0 Å². The van der Waals surface area contributed by atoms with Crippen LogP contribution in [0.3, 0.4) is 0 Å². The van der Waals surface area contributed by atoms with Gasteiger partial charge in [0, 0.05) is 26.2 Å². The minimum atomic E-state index is 0.488. The van der Waals surface area contributed by atoms with Crippen LogP contribution in [0.5, 0.6) is 0 Å². The molecule has 0 spiro atoms. The molecule has 0 bridgehead atoms. The minimum Gasteiger partial charge on any atom is -0.377 e. The largest absolute Gasteiger partial charge is 0.377 e. The van der Waals surface area contributed by atoms with Gasteiger partial charge in [-0.15, -0.1) is 0 Å². The topological polar surface area (TPSA) is 24.5 Å². The van der Waals surface area contributed by atoms with E-state index in [0.717, 1.165) is 19.7 Å². The summed E-state index contributed by atoms with van der Waals surface area (Å²) in [5.41, 5.74) is 0. The van der Waals surface area contributed by atoms with E-state index in [1.807, 2.05) is 0 Å². The number of rotatable bonds is 5. The fourth-order valence-corrected chi connectivity index (χ4v) is 2.84. The Kier molecular flexibility index (Phi) is 6.32. The summed E-state index contributed by atoms with van der Waals surface area (Å²) in [5.74, 6) is 0. The third-order valence-electron chi connectivity index (χ3n) is 3.95. The number of hydrogen-bond acceptors (Lipinski definition) is 3. The van der Waals surface area contributed by atoms with Crippen molar-refractivity contribution >= 4 is 0 Å². The highest BCUT2D eigenvalue weighted by molar-refractivity contribution is 4.69. The van der Waals surface area contributed by atoms with Crippen molar-refractivity contribution in [1.82, 2.24) is 10.2 Å². The van der Waals surface area contributed by atoms with E-state index in [4.69, 9.17) is 4.74 Å². The first-order chi connectivity index (χ1) is 8.45. The third kappa shape index (κ3) is 5.36. The van der Waals surface area contributed by atoms with Gasteiger partial charge < -0.3 is 15.0 Å². The second-order valence-corrected chi connectivity index (χ2v) is 5.45. The van der Waals surface area contributed by atoms with Crippen molar-refractivity contribution in [2.75, 3.05) is 39.3 Å². The van der Waals surface area contributed by atoms with E-state index in [-0.39, 0.29) is 0 Å². The van der Waals surface area contributed by atoms with Crippen molar-refractivity contribution in [1.29, 1.82) is 0 Å². The highest BCUT2D eigenvalue weighted by atomic mass is 16.5. The Morgan fingerprint density at radius 2 is 1.76 bits per heavy atom. The summed E-state index contributed by atoms with van der Waals surface area (Å²) in [7, 11) is 0. The molecular weight excluding hydrogens is 212 g/mol. The van der Waals surface area contributed by atoms with Crippen LogP contribution in [0, 0.1) is 0 Å². The molecule has 2 fully saturated rings. The zero-order chi connectivity index (χ0) is 11.8. The van der Waals surface area contributed by atoms with E-state index in [1.54, 1.807) is 0 Å². The molecule has 0 aromatic heterocycles. The van der Waals surface area contributed by atoms with Crippen LogP contribution < -0.4 is 5.32 Å². The SMILES string of the molecule is C1CCCN(CCNCC2CCCO2)CCC1. The standard InChI is InChI=1S/C14H28N2O/c1-2-4-9-16(10-5-3-1)11-8-15-13-14-7-6-12-17-14/h14-15H,1-13H2. The number of ether oxygens (including phenoxy) is 1. The molecular formula is C14H28N2O. The fourth-order valence-electron chi connectivity index (χ4n) is 2.84. The molecule has 1 unspecified atom stereocenters. The molecule has 2 aliphatic rings. The van der Waals surface area contributed by atoms with E-state index in [0.29, 0.717) is 6.10 Å². The Balaban J connectivity index is 1.50. The summed E-state index contributed by atoms with van der Waals surface area (Å²) in [5, 5.41) is 3.54. The molecule has 100 valence electrons. The van der Waals surface area contributed by atoms with Crippen LogP contribution in [0.2, 0.25) is 0 Å². The zero-order valence-corrected chi connectivity index (χ0v) is 11.1. The van der Waals surface area contributed by atoms with Gasteiger partial charge in [-0.2, -0.15) is 0 Å². The third-order valence-corrected chi connectivity index (χ3v) is 3.95. The average molecular weight is 240 g/mol. The van der Waals surface area contributed by atoms with E-state index < -0.39 is 0 Å². The van der Waals surface area contributed by atoms with Crippen LogP contribution in [0.1, 0.15) is 44.9 Å². The minimum absolute atomic E-state index is 0.488. The van der Waals surface area contributed by atoms with E-state index >= 15 is 0 Å². The molecule has 0 saturated carbocycles. The number of hydrogen-bond donors (Lipinski definition) is 1. The normalized spacial score (nSPS) is 27.9. The lowest BCUT2D eigenvalue weighted by atomic mass is 10.1. The first-order valence-corrected chi connectivity index (χ1v) is 7.50. The molecule has 2 saturated heterocycles. The molecule has 2 aliphatic heterocycles. The predicted molar refractivity (Wildman–Crippen MR) is 71.4 cm³/mol. The Morgan fingerprint density at radius 1 is 1.00 bits per heavy atom. The Labute approximate surface area is 106 Å². The summed E-state index contributed by atoms with van der Waals surface area (Å²) in [6.07, 6.45) is 10.1. The second-order valence-electron chi connectivity index (χ2n) is 5.45. The molecule has 2 rings (SSSR count). The van der Waals surface area contributed by atoms with Crippen LogP contribution in [0.25, 0.3) is 0 Å². The maximum absolute atomic E-state index is 5.61. The number of nitrogens with one attached hydrogen (secondary N) is 1. The van der Waals surface area contributed by atoms with E-state index in [9.17, 15) is 0 Å². The lowest BCUT2D eigenvalue weighted by Crippen LogP contribution is -2.36. The quantitative estimate of drug-likeness (QED) is 0.744. The summed E-state index contributed by atoms with van der Waals surface area (Å²) < 4.78 is 5.61. The van der Waals surface area contributed by atoms with Gasteiger partial charge in [-0.05, 0) is 38.8 Å². The Hall–Kier alpha value is -0.120. The molecule has 1 N–H and O–H groups in total. The first kappa shape index (κ1) is 13.3. The summed E-state index contributed by atoms with van der Waals surface area (Å²) >= 11 is 0. The predicted octanol–water partition coefficient (Wildman–Crippen LogP) is 2.02. The molecule has 0 aliphatic carbocycles. The highest BCUT2D eigenvalue weighted by Crippen LogP contribution is 2.11. The smallest absolute Gasteiger partial charge is 0.0700 e. The maximum atomic E-state index is 5.61. The van der Waals surface area contributed by atoms with Crippen LogP contribution in [-0.2, 0) is 4.74 Å². The Morgan fingerprint density at radius 3 is 2.47 bits per heavy atom. The van der Waals surface area contributed by atoms with Crippen molar-refractivity contribution in [3.05, 3.63) is 0 Å².